The van der Waals surface area contributed by atoms with Crippen molar-refractivity contribution >= 4 is 39.3 Å². The van der Waals surface area contributed by atoms with E-state index in [1.54, 1.807) is 0 Å². The van der Waals surface area contributed by atoms with Gasteiger partial charge in [0.05, 0.1) is 11.7 Å². The first-order chi connectivity index (χ1) is 15.2. The lowest BCUT2D eigenvalue weighted by atomic mass is 9.72. The van der Waals surface area contributed by atoms with Crippen molar-refractivity contribution in [1.29, 1.82) is 0 Å². The average molecular weight is 515 g/mol. The molecule has 2 atom stereocenters. The molecular formula is C26H25BrClNO3. The Morgan fingerprint density at radius 2 is 1.84 bits per heavy atom. The van der Waals surface area contributed by atoms with E-state index in [9.17, 15) is 9.59 Å². The SMILES string of the molecule is CC1=C(C(=O)OC(C)C)C(c2cccc(Br)c2)C2=C(CC(c3ccc(Cl)cc3)CC2=O)N1. The molecule has 2 aromatic carbocycles. The fourth-order valence-corrected chi connectivity index (χ4v) is 5.12. The Bertz CT molecular complexity index is 1130. The van der Waals surface area contributed by atoms with Crippen molar-refractivity contribution in [3.63, 3.8) is 0 Å². The standard InChI is InChI=1S/C26H25BrClNO3/c1-14(2)32-26(31)23-15(3)29-21-12-18(16-7-9-20(28)10-8-16)13-22(30)25(21)24(23)17-5-4-6-19(27)11-17/h4-11,14,18,24,29H,12-13H2,1-3H3. The van der Waals surface area contributed by atoms with Crippen LogP contribution in [0.15, 0.2) is 75.5 Å². The molecule has 2 aromatic rings. The molecule has 0 aromatic heterocycles. The van der Waals surface area contributed by atoms with Crippen LogP contribution < -0.4 is 5.32 Å². The second kappa shape index (κ2) is 9.24. The maximum absolute atomic E-state index is 13.5. The Morgan fingerprint density at radius 1 is 1.12 bits per heavy atom. The van der Waals surface area contributed by atoms with Crippen LogP contribution in [-0.2, 0) is 14.3 Å². The highest BCUT2D eigenvalue weighted by atomic mass is 79.9. The van der Waals surface area contributed by atoms with Crippen LogP contribution in [0.25, 0.3) is 0 Å². The van der Waals surface area contributed by atoms with Gasteiger partial charge in [-0.2, -0.15) is 0 Å². The summed E-state index contributed by atoms with van der Waals surface area (Å²) in [5, 5.41) is 4.05. The minimum Gasteiger partial charge on any atom is -0.460 e. The van der Waals surface area contributed by atoms with Gasteiger partial charge in [-0.25, -0.2) is 4.79 Å². The monoisotopic (exact) mass is 513 g/mol. The summed E-state index contributed by atoms with van der Waals surface area (Å²) in [6.45, 7) is 5.53. The molecule has 0 fully saturated rings. The molecule has 0 spiro atoms. The summed E-state index contributed by atoms with van der Waals surface area (Å²) in [6.07, 6.45) is 0.826. The van der Waals surface area contributed by atoms with Gasteiger partial charge < -0.3 is 10.1 Å². The fraction of sp³-hybridized carbons (Fsp3) is 0.308. The first kappa shape index (κ1) is 22.8. The molecule has 4 rings (SSSR count). The van der Waals surface area contributed by atoms with E-state index < -0.39 is 11.9 Å². The second-order valence-electron chi connectivity index (χ2n) is 8.58. The number of esters is 1. The molecule has 2 unspecified atom stereocenters. The largest absolute Gasteiger partial charge is 0.460 e. The Labute approximate surface area is 201 Å². The molecule has 2 aliphatic rings. The number of Topliss-reactive ketones (excluding diaryl/α,β-unsaturated/α-hetero) is 1. The summed E-state index contributed by atoms with van der Waals surface area (Å²) in [7, 11) is 0. The van der Waals surface area contributed by atoms with E-state index in [1.807, 2.05) is 69.3 Å². The first-order valence-electron chi connectivity index (χ1n) is 10.7. The van der Waals surface area contributed by atoms with E-state index in [-0.39, 0.29) is 17.8 Å². The molecule has 166 valence electrons. The number of rotatable bonds is 4. The number of ketones is 1. The number of carbonyl (C=O) groups is 2. The zero-order chi connectivity index (χ0) is 23.0. The van der Waals surface area contributed by atoms with Gasteiger partial charge >= 0.3 is 5.97 Å². The highest BCUT2D eigenvalue weighted by molar-refractivity contribution is 9.10. The normalized spacial score (nSPS) is 20.9. The van der Waals surface area contributed by atoms with Crippen LogP contribution in [-0.4, -0.2) is 17.9 Å². The molecular weight excluding hydrogens is 490 g/mol. The number of dihydropyridines is 1. The van der Waals surface area contributed by atoms with Crippen LogP contribution in [0.5, 0.6) is 0 Å². The molecule has 0 saturated carbocycles. The summed E-state index contributed by atoms with van der Waals surface area (Å²) < 4.78 is 6.46. The lowest BCUT2D eigenvalue weighted by Crippen LogP contribution is -2.36. The molecule has 0 amide bonds. The maximum Gasteiger partial charge on any atom is 0.337 e. The third-order valence-electron chi connectivity index (χ3n) is 5.91. The Morgan fingerprint density at radius 3 is 2.50 bits per heavy atom. The molecule has 0 saturated heterocycles. The minimum atomic E-state index is -0.464. The molecule has 1 aliphatic heterocycles. The zero-order valence-electron chi connectivity index (χ0n) is 18.2. The summed E-state index contributed by atoms with van der Waals surface area (Å²) in [6, 6.07) is 15.5. The Hall–Kier alpha value is -2.37. The summed E-state index contributed by atoms with van der Waals surface area (Å²) >= 11 is 9.58. The molecule has 1 heterocycles. The average Bonchev–Trinajstić information content (AvgIpc) is 2.72. The Balaban J connectivity index is 1.79. The van der Waals surface area contributed by atoms with Crippen LogP contribution in [0.1, 0.15) is 56.6 Å². The summed E-state index contributed by atoms with van der Waals surface area (Å²) in [4.78, 5) is 26.6. The number of halogens is 2. The van der Waals surface area contributed by atoms with E-state index in [0.29, 0.717) is 29.0 Å². The second-order valence-corrected chi connectivity index (χ2v) is 9.93. The lowest BCUT2D eigenvalue weighted by molar-refractivity contribution is -0.143. The van der Waals surface area contributed by atoms with E-state index in [0.717, 1.165) is 27.0 Å². The highest BCUT2D eigenvalue weighted by Crippen LogP contribution is 2.46. The van der Waals surface area contributed by atoms with Crippen molar-refractivity contribution in [2.24, 2.45) is 0 Å². The topological polar surface area (TPSA) is 55.4 Å². The van der Waals surface area contributed by atoms with Crippen LogP contribution in [0.2, 0.25) is 5.02 Å². The van der Waals surface area contributed by atoms with Crippen molar-refractivity contribution in [3.8, 4) is 0 Å². The zero-order valence-corrected chi connectivity index (χ0v) is 20.6. The van der Waals surface area contributed by atoms with Gasteiger partial charge in [0.1, 0.15) is 0 Å². The predicted molar refractivity (Wildman–Crippen MR) is 129 cm³/mol. The Kier molecular flexibility index (Phi) is 6.59. The summed E-state index contributed by atoms with van der Waals surface area (Å²) in [5.41, 5.74) is 4.74. The number of ether oxygens (including phenoxy) is 1. The summed E-state index contributed by atoms with van der Waals surface area (Å²) in [5.74, 6) is -0.750. The molecule has 1 N–H and O–H groups in total. The van der Waals surface area contributed by atoms with Gasteiger partial charge in [-0.3, -0.25) is 4.79 Å². The molecule has 0 radical (unpaired) electrons. The van der Waals surface area contributed by atoms with E-state index >= 15 is 0 Å². The third kappa shape index (κ3) is 4.55. The van der Waals surface area contributed by atoms with Crippen LogP contribution in [0.4, 0.5) is 0 Å². The predicted octanol–water partition coefficient (Wildman–Crippen LogP) is 6.42. The molecule has 0 bridgehead atoms. The smallest absolute Gasteiger partial charge is 0.337 e. The number of hydrogen-bond acceptors (Lipinski definition) is 4. The first-order valence-corrected chi connectivity index (χ1v) is 11.9. The van der Waals surface area contributed by atoms with Crippen molar-refractivity contribution in [2.45, 2.75) is 51.6 Å². The van der Waals surface area contributed by atoms with E-state index in [4.69, 9.17) is 16.3 Å². The lowest BCUT2D eigenvalue weighted by Gasteiger charge is -2.37. The third-order valence-corrected chi connectivity index (χ3v) is 6.66. The highest BCUT2D eigenvalue weighted by Gasteiger charge is 2.41. The van der Waals surface area contributed by atoms with Crippen molar-refractivity contribution in [2.75, 3.05) is 0 Å². The molecule has 32 heavy (non-hydrogen) atoms. The number of nitrogens with one attached hydrogen (secondary N) is 1. The minimum absolute atomic E-state index is 0.0472. The maximum atomic E-state index is 13.5. The van der Waals surface area contributed by atoms with Crippen molar-refractivity contribution < 1.29 is 14.3 Å². The van der Waals surface area contributed by atoms with Gasteiger partial charge in [0.25, 0.3) is 0 Å². The van der Waals surface area contributed by atoms with Gasteiger partial charge in [-0.05, 0) is 68.5 Å². The van der Waals surface area contributed by atoms with E-state index in [1.165, 1.54) is 0 Å². The molecule has 1 aliphatic carbocycles. The molecule has 4 nitrogen and oxygen atoms in total. The van der Waals surface area contributed by atoms with Gasteiger partial charge in [0, 0.05) is 38.8 Å². The number of carbonyl (C=O) groups excluding carboxylic acids is 2. The molecule has 6 heteroatoms. The van der Waals surface area contributed by atoms with Crippen LogP contribution in [0.3, 0.4) is 0 Å². The number of allylic oxidation sites excluding steroid dienone is 3. The number of benzene rings is 2. The van der Waals surface area contributed by atoms with Crippen LogP contribution >= 0.6 is 27.5 Å². The van der Waals surface area contributed by atoms with Gasteiger partial charge in [-0.1, -0.05) is 51.8 Å². The quantitative estimate of drug-likeness (QED) is 0.479. The van der Waals surface area contributed by atoms with Gasteiger partial charge in [0.2, 0.25) is 0 Å². The fourth-order valence-electron chi connectivity index (χ4n) is 4.58. The van der Waals surface area contributed by atoms with Gasteiger partial charge in [0.15, 0.2) is 5.78 Å². The van der Waals surface area contributed by atoms with Crippen LogP contribution in [0, 0.1) is 0 Å². The number of hydrogen-bond donors (Lipinski definition) is 1. The van der Waals surface area contributed by atoms with Crippen molar-refractivity contribution in [3.05, 3.63) is 91.7 Å². The van der Waals surface area contributed by atoms with E-state index in [2.05, 4.69) is 21.2 Å². The van der Waals surface area contributed by atoms with Gasteiger partial charge in [-0.15, -0.1) is 0 Å². The van der Waals surface area contributed by atoms with Crippen molar-refractivity contribution in [1.82, 2.24) is 5.32 Å².